The van der Waals surface area contributed by atoms with E-state index < -0.39 is 8.69 Å². The van der Waals surface area contributed by atoms with Crippen molar-refractivity contribution in [3.8, 4) is 5.75 Å². The van der Waals surface area contributed by atoms with Gasteiger partial charge in [0, 0.05) is 6.54 Å². The number of hydrazone groups is 1. The Bertz CT molecular complexity index is 744. The number of unbranched alkanes of at least 4 members (excludes halogenated alkanes) is 1. The molecular formula is C20H25N2O2P. The lowest BCUT2D eigenvalue weighted by atomic mass is 10.0. The fourth-order valence-corrected chi connectivity index (χ4v) is 3.39. The summed E-state index contributed by atoms with van der Waals surface area (Å²) in [5.74, 6) is 0.632. The Balaban J connectivity index is 1.82. The van der Waals surface area contributed by atoms with Crippen LogP contribution in [0.15, 0.2) is 53.6 Å². The summed E-state index contributed by atoms with van der Waals surface area (Å²) < 4.78 is 16.2. The molecule has 0 bridgehead atoms. The molecule has 0 radical (unpaired) electrons. The van der Waals surface area contributed by atoms with Gasteiger partial charge in [-0.2, -0.15) is 5.10 Å². The van der Waals surface area contributed by atoms with Crippen molar-refractivity contribution in [1.82, 2.24) is 0 Å². The van der Waals surface area contributed by atoms with E-state index in [9.17, 15) is 4.57 Å². The van der Waals surface area contributed by atoms with E-state index >= 15 is 0 Å². The van der Waals surface area contributed by atoms with Crippen LogP contribution in [0, 0.1) is 0 Å². The topological polar surface area (TPSA) is 41.9 Å². The fraction of sp³-hybridized carbons (Fsp3) is 0.350. The molecule has 3 rings (SSSR count). The minimum absolute atomic E-state index is 0.632. The lowest BCUT2D eigenvalue weighted by Crippen LogP contribution is -2.26. The van der Waals surface area contributed by atoms with E-state index in [1.807, 2.05) is 29.3 Å². The molecule has 2 aromatic rings. The molecule has 5 heteroatoms. The summed E-state index contributed by atoms with van der Waals surface area (Å²) in [6, 6.07) is 16.4. The first-order chi connectivity index (χ1) is 12.3. The van der Waals surface area contributed by atoms with E-state index in [1.165, 1.54) is 24.0 Å². The summed E-state index contributed by atoms with van der Waals surface area (Å²) in [6.45, 7) is 3.06. The van der Waals surface area contributed by atoms with Gasteiger partial charge in [0.2, 0.25) is 8.69 Å². The molecule has 0 aliphatic carbocycles. The molecule has 0 aromatic heterocycles. The number of hydrogen-bond acceptors (Lipinski definition) is 4. The van der Waals surface area contributed by atoms with Crippen molar-refractivity contribution in [2.24, 2.45) is 5.10 Å². The Morgan fingerprint density at radius 1 is 1.16 bits per heavy atom. The third-order valence-corrected chi connectivity index (χ3v) is 4.80. The standard InChI is InChI=1S/C20H25N2O2P/c1-2-3-7-16-11-13-17(14-12-16)18-8-6-15-22(21-18)19-9-4-5-10-20(19)24-25-23/h4-5,9-14H,2-3,6-8,15,25H2,1H3. The van der Waals surface area contributed by atoms with Gasteiger partial charge in [0.05, 0.1) is 5.71 Å². The second kappa shape index (κ2) is 8.87. The zero-order valence-electron chi connectivity index (χ0n) is 14.6. The molecule has 1 heterocycles. The number of nitrogens with zero attached hydrogens (tertiary/aromatic N) is 2. The highest BCUT2D eigenvalue weighted by Crippen LogP contribution is 2.32. The molecule has 0 N–H and O–H groups in total. The molecule has 0 saturated carbocycles. The van der Waals surface area contributed by atoms with Gasteiger partial charge in [0.1, 0.15) is 5.69 Å². The minimum Gasteiger partial charge on any atom is -0.445 e. The normalized spacial score (nSPS) is 14.8. The smallest absolute Gasteiger partial charge is 0.225 e. The third-order valence-electron chi connectivity index (χ3n) is 4.45. The van der Waals surface area contributed by atoms with Crippen molar-refractivity contribution < 1.29 is 9.09 Å². The van der Waals surface area contributed by atoms with E-state index in [2.05, 4.69) is 31.2 Å². The summed E-state index contributed by atoms with van der Waals surface area (Å²) in [4.78, 5) is 0. The molecule has 0 fully saturated rings. The monoisotopic (exact) mass is 356 g/mol. The van der Waals surface area contributed by atoms with Gasteiger partial charge in [0.25, 0.3) is 0 Å². The highest BCUT2D eigenvalue weighted by Gasteiger charge is 2.18. The predicted octanol–water partition coefficient (Wildman–Crippen LogP) is 5.08. The summed E-state index contributed by atoms with van der Waals surface area (Å²) in [5.41, 5.74) is 4.54. The van der Waals surface area contributed by atoms with Crippen molar-refractivity contribution in [3.63, 3.8) is 0 Å². The van der Waals surface area contributed by atoms with Crippen molar-refractivity contribution in [1.29, 1.82) is 0 Å². The van der Waals surface area contributed by atoms with Crippen LogP contribution >= 0.6 is 8.69 Å². The molecular weight excluding hydrogens is 331 g/mol. The van der Waals surface area contributed by atoms with E-state index in [4.69, 9.17) is 9.63 Å². The Morgan fingerprint density at radius 2 is 1.96 bits per heavy atom. The van der Waals surface area contributed by atoms with Crippen LogP contribution in [-0.2, 0) is 11.0 Å². The van der Waals surface area contributed by atoms with Crippen LogP contribution in [0.5, 0.6) is 5.75 Å². The summed E-state index contributed by atoms with van der Waals surface area (Å²) in [7, 11) is -1.28. The first-order valence-corrected chi connectivity index (χ1v) is 9.89. The Morgan fingerprint density at radius 3 is 2.72 bits per heavy atom. The van der Waals surface area contributed by atoms with E-state index in [1.54, 1.807) is 0 Å². The maximum absolute atomic E-state index is 10.9. The molecule has 1 aliphatic heterocycles. The predicted molar refractivity (Wildman–Crippen MR) is 106 cm³/mol. The van der Waals surface area contributed by atoms with Crippen LogP contribution in [0.2, 0.25) is 0 Å². The largest absolute Gasteiger partial charge is 0.445 e. The van der Waals surface area contributed by atoms with Gasteiger partial charge >= 0.3 is 0 Å². The number of para-hydroxylation sites is 2. The third kappa shape index (κ3) is 4.52. The van der Waals surface area contributed by atoms with Crippen molar-refractivity contribution in [2.45, 2.75) is 39.0 Å². The lowest BCUT2D eigenvalue weighted by molar-refractivity contribution is 0.524. The van der Waals surface area contributed by atoms with E-state index in [0.29, 0.717) is 5.75 Å². The number of anilines is 1. The Hall–Kier alpha value is -2.06. The van der Waals surface area contributed by atoms with Crippen LogP contribution in [0.1, 0.15) is 43.7 Å². The fourth-order valence-electron chi connectivity index (χ4n) is 3.08. The van der Waals surface area contributed by atoms with Crippen LogP contribution in [0.4, 0.5) is 5.69 Å². The van der Waals surface area contributed by atoms with E-state index in [-0.39, 0.29) is 0 Å². The number of aryl methyl sites for hydroxylation is 1. The Kier molecular flexibility index (Phi) is 6.30. The van der Waals surface area contributed by atoms with Gasteiger partial charge in [-0.25, -0.2) is 0 Å². The first kappa shape index (κ1) is 17.8. The van der Waals surface area contributed by atoms with Crippen LogP contribution < -0.4 is 9.53 Å². The molecule has 0 amide bonds. The van der Waals surface area contributed by atoms with Gasteiger partial charge in [-0.1, -0.05) is 49.7 Å². The molecule has 1 aliphatic rings. The van der Waals surface area contributed by atoms with Crippen molar-refractivity contribution in [3.05, 3.63) is 59.7 Å². The minimum atomic E-state index is -1.28. The maximum Gasteiger partial charge on any atom is 0.225 e. The summed E-state index contributed by atoms with van der Waals surface area (Å²) in [6.07, 6.45) is 5.59. The van der Waals surface area contributed by atoms with Gasteiger partial charge in [-0.15, -0.1) is 0 Å². The highest BCUT2D eigenvalue weighted by atomic mass is 31.1. The summed E-state index contributed by atoms with van der Waals surface area (Å²) in [5, 5.41) is 6.80. The molecule has 132 valence electrons. The van der Waals surface area contributed by atoms with Gasteiger partial charge in [-0.05, 0) is 48.9 Å². The summed E-state index contributed by atoms with van der Waals surface area (Å²) >= 11 is 0. The van der Waals surface area contributed by atoms with Crippen LogP contribution in [0.3, 0.4) is 0 Å². The quantitative estimate of drug-likeness (QED) is 0.649. The number of rotatable bonds is 7. The molecule has 2 aromatic carbocycles. The van der Waals surface area contributed by atoms with Crippen LogP contribution in [0.25, 0.3) is 0 Å². The zero-order chi connectivity index (χ0) is 17.5. The molecule has 25 heavy (non-hydrogen) atoms. The number of hydrogen-bond donors (Lipinski definition) is 0. The Labute approximate surface area is 150 Å². The maximum atomic E-state index is 10.9. The highest BCUT2D eigenvalue weighted by molar-refractivity contribution is 7.17. The zero-order valence-corrected chi connectivity index (χ0v) is 15.8. The second-order valence-electron chi connectivity index (χ2n) is 6.26. The van der Waals surface area contributed by atoms with Gasteiger partial charge in [0.15, 0.2) is 5.75 Å². The molecule has 0 saturated heterocycles. The molecule has 1 atom stereocenters. The van der Waals surface area contributed by atoms with Crippen molar-refractivity contribution in [2.75, 3.05) is 11.6 Å². The average molecular weight is 356 g/mol. The number of benzene rings is 2. The molecule has 4 nitrogen and oxygen atoms in total. The second-order valence-corrected chi connectivity index (χ2v) is 6.68. The lowest BCUT2D eigenvalue weighted by Gasteiger charge is -2.26. The first-order valence-electron chi connectivity index (χ1n) is 8.95. The molecule has 1 unspecified atom stereocenters. The van der Waals surface area contributed by atoms with E-state index in [0.717, 1.165) is 37.2 Å². The SMILES string of the molecule is CCCCc1ccc(C2=NN(c3ccccc3O[PH2]=O)CCC2)cc1. The van der Waals surface area contributed by atoms with Crippen molar-refractivity contribution >= 4 is 20.1 Å². The average Bonchev–Trinajstić information content (AvgIpc) is 2.67. The van der Waals surface area contributed by atoms with Gasteiger partial charge in [-0.3, -0.25) is 9.57 Å². The van der Waals surface area contributed by atoms with Gasteiger partial charge < -0.3 is 4.52 Å². The van der Waals surface area contributed by atoms with Crippen LogP contribution in [-0.4, -0.2) is 12.3 Å². The molecule has 0 spiro atoms.